The summed E-state index contributed by atoms with van der Waals surface area (Å²) in [6.07, 6.45) is 1.49. The van der Waals surface area contributed by atoms with E-state index in [1.54, 1.807) is 17.2 Å². The van der Waals surface area contributed by atoms with Crippen LogP contribution in [0.2, 0.25) is 5.15 Å². The van der Waals surface area contributed by atoms with Crippen molar-refractivity contribution in [1.82, 2.24) is 9.88 Å². The van der Waals surface area contributed by atoms with Crippen molar-refractivity contribution in [2.24, 2.45) is 0 Å². The van der Waals surface area contributed by atoms with Gasteiger partial charge < -0.3 is 14.5 Å². The van der Waals surface area contributed by atoms with Gasteiger partial charge in [-0.2, -0.15) is 0 Å². The molecule has 1 fully saturated rings. The second-order valence-electron chi connectivity index (χ2n) is 5.35. The molecule has 0 unspecified atom stereocenters. The zero-order valence-electron chi connectivity index (χ0n) is 12.7. The molecule has 2 heterocycles. The molecule has 0 radical (unpaired) electrons. The summed E-state index contributed by atoms with van der Waals surface area (Å²) in [5, 5.41) is 0.483. The average Bonchev–Trinajstić information content (AvgIpc) is 2.61. The third-order valence-electron chi connectivity index (χ3n) is 3.82. The number of pyridine rings is 1. The van der Waals surface area contributed by atoms with E-state index < -0.39 is 0 Å². The number of piperazine rings is 1. The molecular formula is C17H18ClN3O2. The van der Waals surface area contributed by atoms with Gasteiger partial charge >= 0.3 is 6.09 Å². The van der Waals surface area contributed by atoms with Gasteiger partial charge in [0.25, 0.3) is 0 Å². The fourth-order valence-electron chi connectivity index (χ4n) is 2.51. The van der Waals surface area contributed by atoms with E-state index in [1.165, 1.54) is 0 Å². The van der Waals surface area contributed by atoms with E-state index >= 15 is 0 Å². The van der Waals surface area contributed by atoms with E-state index in [0.717, 1.165) is 24.3 Å². The maximum Gasteiger partial charge on any atom is 0.410 e. The summed E-state index contributed by atoms with van der Waals surface area (Å²) in [7, 11) is 0. The van der Waals surface area contributed by atoms with Crippen molar-refractivity contribution in [2.75, 3.05) is 31.1 Å². The summed E-state index contributed by atoms with van der Waals surface area (Å²) in [6, 6.07) is 13.4. The van der Waals surface area contributed by atoms with Crippen molar-refractivity contribution < 1.29 is 9.53 Å². The Hall–Kier alpha value is -2.27. The van der Waals surface area contributed by atoms with Gasteiger partial charge in [-0.3, -0.25) is 0 Å². The third kappa shape index (κ3) is 4.13. The Labute approximate surface area is 140 Å². The molecule has 0 saturated carbocycles. The van der Waals surface area contributed by atoms with Crippen LogP contribution in [0.25, 0.3) is 0 Å². The third-order valence-corrected chi connectivity index (χ3v) is 4.04. The highest BCUT2D eigenvalue weighted by Crippen LogP contribution is 2.17. The average molecular weight is 332 g/mol. The highest BCUT2D eigenvalue weighted by molar-refractivity contribution is 6.29. The summed E-state index contributed by atoms with van der Waals surface area (Å²) >= 11 is 5.80. The number of nitrogens with zero attached hydrogens (tertiary/aromatic N) is 3. The Kier molecular flexibility index (Phi) is 4.98. The van der Waals surface area contributed by atoms with Crippen molar-refractivity contribution in [1.29, 1.82) is 0 Å². The standard InChI is InChI=1S/C17H18ClN3O2/c18-16-7-6-15(12-19-16)20-8-10-21(11-9-20)17(22)23-13-14-4-2-1-3-5-14/h1-7,12H,8-11,13H2. The molecule has 6 heteroatoms. The zero-order chi connectivity index (χ0) is 16.1. The van der Waals surface area contributed by atoms with E-state index in [-0.39, 0.29) is 6.09 Å². The van der Waals surface area contributed by atoms with Crippen LogP contribution < -0.4 is 4.90 Å². The maximum atomic E-state index is 12.1. The molecule has 23 heavy (non-hydrogen) atoms. The number of rotatable bonds is 3. The maximum absolute atomic E-state index is 12.1. The van der Waals surface area contributed by atoms with Gasteiger partial charge in [-0.25, -0.2) is 9.78 Å². The minimum atomic E-state index is -0.261. The first-order chi connectivity index (χ1) is 11.2. The number of halogens is 1. The molecule has 1 saturated heterocycles. The lowest BCUT2D eigenvalue weighted by molar-refractivity contribution is 0.0942. The largest absolute Gasteiger partial charge is 0.445 e. The molecule has 1 aliphatic rings. The van der Waals surface area contributed by atoms with Crippen LogP contribution >= 0.6 is 11.6 Å². The van der Waals surface area contributed by atoms with Crippen LogP contribution in [-0.2, 0) is 11.3 Å². The highest BCUT2D eigenvalue weighted by atomic mass is 35.5. The lowest BCUT2D eigenvalue weighted by atomic mass is 10.2. The number of anilines is 1. The van der Waals surface area contributed by atoms with Gasteiger partial charge in [0.2, 0.25) is 0 Å². The number of aromatic nitrogens is 1. The van der Waals surface area contributed by atoms with Gasteiger partial charge in [-0.05, 0) is 17.7 Å². The van der Waals surface area contributed by atoms with E-state index in [4.69, 9.17) is 16.3 Å². The molecule has 1 amide bonds. The number of benzene rings is 1. The summed E-state index contributed by atoms with van der Waals surface area (Å²) < 4.78 is 5.36. The molecule has 1 aliphatic heterocycles. The molecule has 0 aliphatic carbocycles. The van der Waals surface area contributed by atoms with Crippen molar-refractivity contribution in [3.63, 3.8) is 0 Å². The molecule has 0 N–H and O–H groups in total. The predicted molar refractivity (Wildman–Crippen MR) is 89.7 cm³/mol. The van der Waals surface area contributed by atoms with Crippen LogP contribution in [0.5, 0.6) is 0 Å². The monoisotopic (exact) mass is 331 g/mol. The smallest absolute Gasteiger partial charge is 0.410 e. The van der Waals surface area contributed by atoms with E-state index in [1.807, 2.05) is 36.4 Å². The molecule has 1 aromatic carbocycles. The molecule has 0 spiro atoms. The molecule has 5 nitrogen and oxygen atoms in total. The Morgan fingerprint density at radius 2 is 1.83 bits per heavy atom. The van der Waals surface area contributed by atoms with Gasteiger partial charge in [0.15, 0.2) is 0 Å². The minimum Gasteiger partial charge on any atom is -0.445 e. The number of carbonyl (C=O) groups is 1. The Bertz CT molecular complexity index is 641. The lowest BCUT2D eigenvalue weighted by Gasteiger charge is -2.35. The summed E-state index contributed by atoms with van der Waals surface area (Å²) in [6.45, 7) is 3.08. The second-order valence-corrected chi connectivity index (χ2v) is 5.74. The quantitative estimate of drug-likeness (QED) is 0.810. The first-order valence-electron chi connectivity index (χ1n) is 7.54. The SMILES string of the molecule is O=C(OCc1ccccc1)N1CCN(c2ccc(Cl)nc2)CC1. The van der Waals surface area contributed by atoms with E-state index in [9.17, 15) is 4.79 Å². The van der Waals surface area contributed by atoms with Crippen LogP contribution in [0.1, 0.15) is 5.56 Å². The van der Waals surface area contributed by atoms with Crippen LogP contribution in [-0.4, -0.2) is 42.2 Å². The van der Waals surface area contributed by atoms with E-state index in [2.05, 4.69) is 9.88 Å². The fraction of sp³-hybridized carbons (Fsp3) is 0.294. The normalized spacial score (nSPS) is 14.7. The number of carbonyl (C=O) groups excluding carboxylic acids is 1. The van der Waals surface area contributed by atoms with Gasteiger partial charge in [-0.15, -0.1) is 0 Å². The molecular weight excluding hydrogens is 314 g/mol. The molecule has 3 rings (SSSR count). The van der Waals surface area contributed by atoms with Crippen LogP contribution in [0.15, 0.2) is 48.7 Å². The Balaban J connectivity index is 1.48. The molecule has 0 bridgehead atoms. The number of amides is 1. The van der Waals surface area contributed by atoms with E-state index in [0.29, 0.717) is 24.8 Å². The Morgan fingerprint density at radius 1 is 1.09 bits per heavy atom. The first kappa shape index (κ1) is 15.6. The van der Waals surface area contributed by atoms with Crippen molar-refractivity contribution in [3.05, 3.63) is 59.4 Å². The highest BCUT2D eigenvalue weighted by Gasteiger charge is 2.22. The molecule has 0 atom stereocenters. The number of hydrogen-bond donors (Lipinski definition) is 0. The zero-order valence-corrected chi connectivity index (χ0v) is 13.4. The van der Waals surface area contributed by atoms with Crippen LogP contribution in [0.4, 0.5) is 10.5 Å². The second kappa shape index (κ2) is 7.33. The van der Waals surface area contributed by atoms with Gasteiger partial charge in [0.1, 0.15) is 11.8 Å². The minimum absolute atomic E-state index is 0.261. The Morgan fingerprint density at radius 3 is 2.48 bits per heavy atom. The lowest BCUT2D eigenvalue weighted by Crippen LogP contribution is -2.49. The first-order valence-corrected chi connectivity index (χ1v) is 7.92. The van der Waals surface area contributed by atoms with Crippen molar-refractivity contribution in [3.8, 4) is 0 Å². The topological polar surface area (TPSA) is 45.7 Å². The van der Waals surface area contributed by atoms with Crippen LogP contribution in [0, 0.1) is 0 Å². The summed E-state index contributed by atoms with van der Waals surface area (Å²) in [4.78, 5) is 20.1. The predicted octanol–water partition coefficient (Wildman–Crippen LogP) is 3.19. The number of ether oxygens (including phenoxy) is 1. The summed E-state index contributed by atoms with van der Waals surface area (Å²) in [5.74, 6) is 0. The van der Waals surface area contributed by atoms with Gasteiger partial charge in [0, 0.05) is 26.2 Å². The van der Waals surface area contributed by atoms with Gasteiger partial charge in [0.05, 0.1) is 11.9 Å². The van der Waals surface area contributed by atoms with Crippen molar-refractivity contribution >= 4 is 23.4 Å². The van der Waals surface area contributed by atoms with Crippen LogP contribution in [0.3, 0.4) is 0 Å². The molecule has 1 aromatic heterocycles. The molecule has 2 aromatic rings. The van der Waals surface area contributed by atoms with Gasteiger partial charge in [-0.1, -0.05) is 41.9 Å². The fourth-order valence-corrected chi connectivity index (χ4v) is 2.62. The number of hydrogen-bond acceptors (Lipinski definition) is 4. The molecule has 120 valence electrons. The van der Waals surface area contributed by atoms with Crippen molar-refractivity contribution in [2.45, 2.75) is 6.61 Å². The summed E-state index contributed by atoms with van der Waals surface area (Å²) in [5.41, 5.74) is 2.01.